The van der Waals surface area contributed by atoms with Gasteiger partial charge in [-0.05, 0) is 12.1 Å². The molecule has 1 heterocycles. The second-order valence-electron chi connectivity index (χ2n) is 3.09. The molecule has 0 aliphatic heterocycles. The number of hydrogen-bond acceptors (Lipinski definition) is 3. The van der Waals surface area contributed by atoms with Crippen molar-refractivity contribution in [1.29, 1.82) is 0 Å². The van der Waals surface area contributed by atoms with Crippen LogP contribution in [0.1, 0.15) is 5.56 Å². The minimum absolute atomic E-state index is 0.337. The molecular formula is C11H9ClO3. The molecule has 1 aromatic carbocycles. The summed E-state index contributed by atoms with van der Waals surface area (Å²) >= 11 is 6.05. The van der Waals surface area contributed by atoms with Crippen LogP contribution < -0.4 is 0 Å². The monoisotopic (exact) mass is 224 g/mol. The van der Waals surface area contributed by atoms with Crippen LogP contribution in [-0.2, 0) is 16.0 Å². The maximum Gasteiger partial charge on any atom is 0.293 e. The summed E-state index contributed by atoms with van der Waals surface area (Å²) in [6.45, 7) is 0.771. The number of halogens is 1. The zero-order valence-electron chi connectivity index (χ0n) is 7.90. The SMILES string of the molecule is O=COCCc1coc2cccc(Cl)c12. The molecule has 0 radical (unpaired) electrons. The van der Waals surface area contributed by atoms with Crippen molar-refractivity contribution in [2.75, 3.05) is 6.61 Å². The van der Waals surface area contributed by atoms with Crippen LogP contribution in [-0.4, -0.2) is 13.1 Å². The third-order valence-corrected chi connectivity index (χ3v) is 2.50. The number of carbonyl (C=O) groups excluding carboxylic acids is 1. The van der Waals surface area contributed by atoms with E-state index >= 15 is 0 Å². The largest absolute Gasteiger partial charge is 0.468 e. The van der Waals surface area contributed by atoms with E-state index in [0.29, 0.717) is 24.5 Å². The Labute approximate surface area is 91.6 Å². The van der Waals surface area contributed by atoms with E-state index in [1.165, 1.54) is 0 Å². The van der Waals surface area contributed by atoms with Crippen molar-refractivity contribution in [1.82, 2.24) is 0 Å². The van der Waals surface area contributed by atoms with Gasteiger partial charge >= 0.3 is 0 Å². The van der Waals surface area contributed by atoms with Gasteiger partial charge in [0.05, 0.1) is 17.9 Å². The summed E-state index contributed by atoms with van der Waals surface area (Å²) in [7, 11) is 0. The Balaban J connectivity index is 2.31. The molecule has 0 fully saturated rings. The first-order valence-electron chi connectivity index (χ1n) is 4.53. The normalized spacial score (nSPS) is 10.5. The molecule has 1 aromatic heterocycles. The van der Waals surface area contributed by atoms with E-state index in [-0.39, 0.29) is 0 Å². The Bertz CT molecular complexity index is 476. The Morgan fingerprint density at radius 1 is 1.47 bits per heavy atom. The van der Waals surface area contributed by atoms with Gasteiger partial charge in [-0.3, -0.25) is 4.79 Å². The average molecular weight is 225 g/mol. The number of rotatable bonds is 4. The van der Waals surface area contributed by atoms with E-state index in [4.69, 9.17) is 16.0 Å². The van der Waals surface area contributed by atoms with Crippen LogP contribution in [0.5, 0.6) is 0 Å². The molecule has 2 aromatic rings. The molecule has 78 valence electrons. The molecule has 2 rings (SSSR count). The highest BCUT2D eigenvalue weighted by Crippen LogP contribution is 2.28. The summed E-state index contributed by atoms with van der Waals surface area (Å²) < 4.78 is 9.96. The minimum atomic E-state index is 0.337. The molecule has 0 saturated carbocycles. The first kappa shape index (κ1) is 10.1. The van der Waals surface area contributed by atoms with Crippen molar-refractivity contribution in [3.05, 3.63) is 35.0 Å². The van der Waals surface area contributed by atoms with Gasteiger partial charge in [0.2, 0.25) is 0 Å². The molecule has 15 heavy (non-hydrogen) atoms. The Morgan fingerprint density at radius 2 is 2.33 bits per heavy atom. The van der Waals surface area contributed by atoms with Crippen molar-refractivity contribution in [2.24, 2.45) is 0 Å². The van der Waals surface area contributed by atoms with Gasteiger partial charge in [0.25, 0.3) is 6.47 Å². The minimum Gasteiger partial charge on any atom is -0.468 e. The highest BCUT2D eigenvalue weighted by Gasteiger charge is 2.08. The number of benzene rings is 1. The van der Waals surface area contributed by atoms with Crippen molar-refractivity contribution in [2.45, 2.75) is 6.42 Å². The molecule has 0 aliphatic rings. The van der Waals surface area contributed by atoms with Gasteiger partial charge in [0.1, 0.15) is 5.58 Å². The van der Waals surface area contributed by atoms with E-state index in [1.54, 1.807) is 6.26 Å². The summed E-state index contributed by atoms with van der Waals surface area (Å²) in [6.07, 6.45) is 2.25. The number of carbonyl (C=O) groups is 1. The molecular weight excluding hydrogens is 216 g/mol. The van der Waals surface area contributed by atoms with Gasteiger partial charge in [-0.15, -0.1) is 0 Å². The molecule has 4 heteroatoms. The summed E-state index contributed by atoms with van der Waals surface area (Å²) in [5.74, 6) is 0. The lowest BCUT2D eigenvalue weighted by molar-refractivity contribution is -0.128. The van der Waals surface area contributed by atoms with Gasteiger partial charge in [-0.25, -0.2) is 0 Å². The van der Waals surface area contributed by atoms with Crippen molar-refractivity contribution in [3.8, 4) is 0 Å². The predicted molar refractivity (Wildman–Crippen MR) is 56.9 cm³/mol. The van der Waals surface area contributed by atoms with Crippen molar-refractivity contribution >= 4 is 29.0 Å². The number of furan rings is 1. The highest BCUT2D eigenvalue weighted by molar-refractivity contribution is 6.35. The van der Waals surface area contributed by atoms with Gasteiger partial charge in [0.15, 0.2) is 0 Å². The molecule has 0 bridgehead atoms. The third-order valence-electron chi connectivity index (χ3n) is 2.18. The Hall–Kier alpha value is -1.48. The van der Waals surface area contributed by atoms with E-state index < -0.39 is 0 Å². The van der Waals surface area contributed by atoms with Gasteiger partial charge in [-0.1, -0.05) is 17.7 Å². The van der Waals surface area contributed by atoms with Crippen molar-refractivity contribution < 1.29 is 13.9 Å². The highest BCUT2D eigenvalue weighted by atomic mass is 35.5. The fourth-order valence-electron chi connectivity index (χ4n) is 1.51. The van der Waals surface area contributed by atoms with Crippen LogP contribution in [0.4, 0.5) is 0 Å². The summed E-state index contributed by atoms with van der Waals surface area (Å²) in [5.41, 5.74) is 1.71. The topological polar surface area (TPSA) is 39.4 Å². The van der Waals surface area contributed by atoms with Gasteiger partial charge < -0.3 is 9.15 Å². The molecule has 0 unspecified atom stereocenters. The molecule has 0 N–H and O–H groups in total. The summed E-state index contributed by atoms with van der Waals surface area (Å²) in [4.78, 5) is 9.99. The predicted octanol–water partition coefficient (Wildman–Crippen LogP) is 2.80. The van der Waals surface area contributed by atoms with Gasteiger partial charge in [-0.2, -0.15) is 0 Å². The Morgan fingerprint density at radius 3 is 3.13 bits per heavy atom. The smallest absolute Gasteiger partial charge is 0.293 e. The average Bonchev–Trinajstić information content (AvgIpc) is 2.63. The second-order valence-corrected chi connectivity index (χ2v) is 3.50. The van der Waals surface area contributed by atoms with E-state index in [1.807, 2.05) is 18.2 Å². The molecule has 0 saturated heterocycles. The quantitative estimate of drug-likeness (QED) is 0.592. The summed E-state index contributed by atoms with van der Waals surface area (Å²) in [5, 5.41) is 1.55. The zero-order chi connectivity index (χ0) is 10.7. The lowest BCUT2D eigenvalue weighted by Gasteiger charge is -1.98. The van der Waals surface area contributed by atoms with Crippen molar-refractivity contribution in [3.63, 3.8) is 0 Å². The first-order chi connectivity index (χ1) is 7.33. The number of fused-ring (bicyclic) bond motifs is 1. The molecule has 3 nitrogen and oxygen atoms in total. The summed E-state index contributed by atoms with van der Waals surface area (Å²) in [6, 6.07) is 5.49. The zero-order valence-corrected chi connectivity index (χ0v) is 8.66. The van der Waals surface area contributed by atoms with Crippen LogP contribution >= 0.6 is 11.6 Å². The van der Waals surface area contributed by atoms with E-state index in [9.17, 15) is 4.79 Å². The first-order valence-corrected chi connectivity index (χ1v) is 4.90. The molecule has 0 aliphatic carbocycles. The second kappa shape index (κ2) is 4.36. The fraction of sp³-hybridized carbons (Fsp3) is 0.182. The third kappa shape index (κ3) is 1.97. The van der Waals surface area contributed by atoms with Crippen LogP contribution in [0.2, 0.25) is 5.02 Å². The molecule has 0 atom stereocenters. The van der Waals surface area contributed by atoms with Crippen LogP contribution in [0.3, 0.4) is 0 Å². The number of ether oxygens (including phenoxy) is 1. The molecule has 0 spiro atoms. The maximum absolute atomic E-state index is 9.99. The fourth-order valence-corrected chi connectivity index (χ4v) is 1.80. The van der Waals surface area contributed by atoms with Crippen LogP contribution in [0, 0.1) is 0 Å². The standard InChI is InChI=1S/C11H9ClO3/c12-9-2-1-3-10-11(9)8(6-15-10)4-5-14-7-13/h1-3,6-7H,4-5H2. The molecule has 0 amide bonds. The maximum atomic E-state index is 9.99. The lowest BCUT2D eigenvalue weighted by Crippen LogP contribution is -1.95. The van der Waals surface area contributed by atoms with Crippen LogP contribution in [0.25, 0.3) is 11.0 Å². The lowest BCUT2D eigenvalue weighted by atomic mass is 10.1. The van der Waals surface area contributed by atoms with E-state index in [2.05, 4.69) is 4.74 Å². The number of hydrogen-bond donors (Lipinski definition) is 0. The van der Waals surface area contributed by atoms with Crippen LogP contribution in [0.15, 0.2) is 28.9 Å². The van der Waals surface area contributed by atoms with Gasteiger partial charge in [0, 0.05) is 17.4 Å². The Kier molecular flexibility index (Phi) is 2.92. The van der Waals surface area contributed by atoms with E-state index in [0.717, 1.165) is 16.5 Å².